The molecule has 1 amide bonds. The number of rotatable bonds is 3. The van der Waals surface area contributed by atoms with Crippen LogP contribution in [0.4, 0.5) is 5.69 Å². The molecule has 3 aromatic rings. The lowest BCUT2D eigenvalue weighted by Crippen LogP contribution is -2.49. The number of aromatic nitrogens is 2. The lowest BCUT2D eigenvalue weighted by Gasteiger charge is -2.36. The summed E-state index contributed by atoms with van der Waals surface area (Å²) in [5.74, 6) is 0.0212. The van der Waals surface area contributed by atoms with Gasteiger partial charge in [0, 0.05) is 36.9 Å². The second-order valence-electron chi connectivity index (χ2n) is 7.18. The van der Waals surface area contributed by atoms with E-state index in [1.807, 2.05) is 67.3 Å². The van der Waals surface area contributed by atoms with Crippen molar-refractivity contribution in [2.75, 3.05) is 31.1 Å². The Balaban J connectivity index is 1.52. The Hall–Kier alpha value is -2.79. The molecule has 0 bridgehead atoms. The molecule has 1 aliphatic heterocycles. The van der Waals surface area contributed by atoms with E-state index in [0.717, 1.165) is 40.7 Å². The maximum absolute atomic E-state index is 13.2. The molecule has 2 heterocycles. The van der Waals surface area contributed by atoms with Gasteiger partial charge in [0.05, 0.1) is 11.4 Å². The van der Waals surface area contributed by atoms with Crippen LogP contribution < -0.4 is 4.90 Å². The van der Waals surface area contributed by atoms with Crippen LogP contribution in [-0.4, -0.2) is 46.8 Å². The molecular formula is C22H23ClN4O. The van der Waals surface area contributed by atoms with Crippen LogP contribution in [0.1, 0.15) is 21.7 Å². The number of benzene rings is 2. The minimum atomic E-state index is 0.0212. The number of halogens is 1. The molecule has 4 rings (SSSR count). The number of hydrogen-bond acceptors (Lipinski definition) is 3. The molecule has 0 spiro atoms. The summed E-state index contributed by atoms with van der Waals surface area (Å²) in [6.45, 7) is 6.86. The maximum atomic E-state index is 13.2. The number of piperazine rings is 1. The lowest BCUT2D eigenvalue weighted by atomic mass is 10.2. The van der Waals surface area contributed by atoms with Crippen LogP contribution in [0.25, 0.3) is 5.69 Å². The van der Waals surface area contributed by atoms with Gasteiger partial charge < -0.3 is 9.80 Å². The third-order valence-corrected chi connectivity index (χ3v) is 5.27. The van der Waals surface area contributed by atoms with E-state index in [9.17, 15) is 4.79 Å². The zero-order valence-electron chi connectivity index (χ0n) is 16.1. The Kier molecular flexibility index (Phi) is 5.09. The van der Waals surface area contributed by atoms with Crippen molar-refractivity contribution in [3.63, 3.8) is 0 Å². The van der Waals surface area contributed by atoms with Gasteiger partial charge in [-0.1, -0.05) is 29.8 Å². The van der Waals surface area contributed by atoms with Crippen molar-refractivity contribution in [3.05, 3.63) is 76.6 Å². The highest BCUT2D eigenvalue weighted by molar-refractivity contribution is 6.30. The van der Waals surface area contributed by atoms with Gasteiger partial charge in [-0.25, -0.2) is 4.68 Å². The molecule has 1 aliphatic rings. The fourth-order valence-corrected chi connectivity index (χ4v) is 3.80. The zero-order valence-corrected chi connectivity index (χ0v) is 16.9. The van der Waals surface area contributed by atoms with E-state index < -0.39 is 0 Å². The number of aryl methyl sites for hydroxylation is 2. The highest BCUT2D eigenvalue weighted by Crippen LogP contribution is 2.22. The van der Waals surface area contributed by atoms with Crippen molar-refractivity contribution in [2.45, 2.75) is 13.8 Å². The van der Waals surface area contributed by atoms with E-state index in [-0.39, 0.29) is 5.91 Å². The Morgan fingerprint density at radius 1 is 0.929 bits per heavy atom. The van der Waals surface area contributed by atoms with Gasteiger partial charge in [0.1, 0.15) is 5.69 Å². The van der Waals surface area contributed by atoms with Gasteiger partial charge in [-0.05, 0) is 55.8 Å². The van der Waals surface area contributed by atoms with Gasteiger partial charge in [-0.15, -0.1) is 0 Å². The van der Waals surface area contributed by atoms with Crippen molar-refractivity contribution in [1.29, 1.82) is 0 Å². The average Bonchev–Trinajstić information content (AvgIpc) is 3.09. The van der Waals surface area contributed by atoms with Gasteiger partial charge >= 0.3 is 0 Å². The Morgan fingerprint density at radius 2 is 1.64 bits per heavy atom. The monoisotopic (exact) mass is 394 g/mol. The first-order valence-electron chi connectivity index (χ1n) is 9.45. The summed E-state index contributed by atoms with van der Waals surface area (Å²) in [6, 6.07) is 17.8. The Morgan fingerprint density at radius 3 is 2.36 bits per heavy atom. The molecule has 0 unspecified atom stereocenters. The summed E-state index contributed by atoms with van der Waals surface area (Å²) in [5.41, 5.74) is 4.59. The van der Waals surface area contributed by atoms with Crippen LogP contribution in [0.15, 0.2) is 54.6 Å². The molecule has 0 saturated carbocycles. The average molecular weight is 395 g/mol. The molecule has 1 saturated heterocycles. The minimum Gasteiger partial charge on any atom is -0.368 e. The summed E-state index contributed by atoms with van der Waals surface area (Å²) >= 11 is 6.11. The first-order valence-corrected chi connectivity index (χ1v) is 9.82. The molecular weight excluding hydrogens is 372 g/mol. The molecule has 144 valence electrons. The number of anilines is 1. The topological polar surface area (TPSA) is 41.4 Å². The van der Waals surface area contributed by atoms with E-state index in [1.54, 1.807) is 4.68 Å². The standard InChI is InChI=1S/C22H23ClN4O/c1-16-5-3-8-20(13-16)27-21(14-17(2)24-27)22(28)26-11-9-25(10-12-26)19-7-4-6-18(23)15-19/h3-8,13-15H,9-12H2,1-2H3. The van der Waals surface area contributed by atoms with E-state index in [1.165, 1.54) is 0 Å². The van der Waals surface area contributed by atoms with Crippen LogP contribution in [0.5, 0.6) is 0 Å². The predicted molar refractivity (Wildman–Crippen MR) is 113 cm³/mol. The summed E-state index contributed by atoms with van der Waals surface area (Å²) < 4.78 is 1.76. The first-order chi connectivity index (χ1) is 13.5. The summed E-state index contributed by atoms with van der Waals surface area (Å²) in [7, 11) is 0. The van der Waals surface area contributed by atoms with E-state index in [4.69, 9.17) is 11.6 Å². The molecule has 0 aliphatic carbocycles. The second kappa shape index (κ2) is 7.68. The molecule has 0 atom stereocenters. The van der Waals surface area contributed by atoms with Crippen LogP contribution >= 0.6 is 11.6 Å². The van der Waals surface area contributed by atoms with E-state index in [2.05, 4.69) is 16.1 Å². The third-order valence-electron chi connectivity index (χ3n) is 5.04. The number of hydrogen-bond donors (Lipinski definition) is 0. The first kappa shape index (κ1) is 18.6. The Labute approximate surface area is 170 Å². The molecule has 0 N–H and O–H groups in total. The van der Waals surface area contributed by atoms with Gasteiger partial charge in [0.2, 0.25) is 0 Å². The molecule has 1 aromatic heterocycles. The van der Waals surface area contributed by atoms with Crippen LogP contribution in [0, 0.1) is 13.8 Å². The van der Waals surface area contributed by atoms with Crippen molar-refractivity contribution in [3.8, 4) is 5.69 Å². The van der Waals surface area contributed by atoms with E-state index in [0.29, 0.717) is 18.8 Å². The fraction of sp³-hybridized carbons (Fsp3) is 0.273. The zero-order chi connectivity index (χ0) is 19.7. The lowest BCUT2D eigenvalue weighted by molar-refractivity contribution is 0.0737. The minimum absolute atomic E-state index is 0.0212. The van der Waals surface area contributed by atoms with Gasteiger partial charge in [0.25, 0.3) is 5.91 Å². The summed E-state index contributed by atoms with van der Waals surface area (Å²) in [5, 5.41) is 5.28. The molecule has 6 heteroatoms. The maximum Gasteiger partial charge on any atom is 0.272 e. The normalized spacial score (nSPS) is 14.4. The van der Waals surface area contributed by atoms with Crippen molar-refractivity contribution < 1.29 is 4.79 Å². The smallest absolute Gasteiger partial charge is 0.272 e. The number of carbonyl (C=O) groups is 1. The van der Waals surface area contributed by atoms with Gasteiger partial charge in [-0.3, -0.25) is 4.79 Å². The highest BCUT2D eigenvalue weighted by Gasteiger charge is 2.25. The number of amides is 1. The molecule has 5 nitrogen and oxygen atoms in total. The molecule has 2 aromatic carbocycles. The number of carbonyl (C=O) groups excluding carboxylic acids is 1. The predicted octanol–water partition coefficient (Wildman–Crippen LogP) is 4.10. The van der Waals surface area contributed by atoms with Crippen LogP contribution in [0.3, 0.4) is 0 Å². The van der Waals surface area contributed by atoms with Crippen molar-refractivity contribution >= 4 is 23.2 Å². The van der Waals surface area contributed by atoms with Gasteiger partial charge in [0.15, 0.2) is 0 Å². The Bertz CT molecular complexity index is 1010. The van der Waals surface area contributed by atoms with Crippen LogP contribution in [0.2, 0.25) is 5.02 Å². The van der Waals surface area contributed by atoms with Crippen molar-refractivity contribution in [1.82, 2.24) is 14.7 Å². The fourth-order valence-electron chi connectivity index (χ4n) is 3.61. The van der Waals surface area contributed by atoms with Gasteiger partial charge in [-0.2, -0.15) is 5.10 Å². The highest BCUT2D eigenvalue weighted by atomic mass is 35.5. The second-order valence-corrected chi connectivity index (χ2v) is 7.62. The van der Waals surface area contributed by atoms with E-state index >= 15 is 0 Å². The third kappa shape index (κ3) is 3.76. The summed E-state index contributed by atoms with van der Waals surface area (Å²) in [6.07, 6.45) is 0. The molecule has 28 heavy (non-hydrogen) atoms. The molecule has 0 radical (unpaired) electrons. The molecule has 1 fully saturated rings. The summed E-state index contributed by atoms with van der Waals surface area (Å²) in [4.78, 5) is 17.4. The number of nitrogens with zero attached hydrogens (tertiary/aromatic N) is 4. The quantitative estimate of drug-likeness (QED) is 0.671. The SMILES string of the molecule is Cc1cccc(-n2nc(C)cc2C(=O)N2CCN(c3cccc(Cl)c3)CC2)c1. The largest absolute Gasteiger partial charge is 0.368 e. The van der Waals surface area contributed by atoms with Crippen LogP contribution in [-0.2, 0) is 0 Å². The van der Waals surface area contributed by atoms with Crippen molar-refractivity contribution in [2.24, 2.45) is 0 Å².